The summed E-state index contributed by atoms with van der Waals surface area (Å²) in [6.07, 6.45) is 4.45. The Balaban J connectivity index is 1.80. The number of rotatable bonds is 1. The fourth-order valence-electron chi connectivity index (χ4n) is 2.99. The lowest BCUT2D eigenvalue weighted by Gasteiger charge is -2.29. The zero-order chi connectivity index (χ0) is 12.7. The van der Waals surface area contributed by atoms with E-state index in [1.54, 1.807) is 0 Å². The van der Waals surface area contributed by atoms with E-state index in [4.69, 9.17) is 0 Å². The van der Waals surface area contributed by atoms with Gasteiger partial charge in [0.1, 0.15) is 0 Å². The molecule has 3 heterocycles. The van der Waals surface area contributed by atoms with Crippen molar-refractivity contribution in [1.82, 2.24) is 14.7 Å². The van der Waals surface area contributed by atoms with E-state index in [1.165, 1.54) is 11.3 Å². The molecule has 0 aromatic carbocycles. The summed E-state index contributed by atoms with van der Waals surface area (Å²) < 4.78 is 1.98. The standard InChI is InChI=1S/C14H19N3O/c1-10-6-11(2)9-16(8-10)14(18)13-7-12-4-3-5-17(12)15-13/h6-7,10H,3-5,8-9H2,1-2H3. The number of amides is 1. The zero-order valence-electron chi connectivity index (χ0n) is 11.0. The predicted molar refractivity (Wildman–Crippen MR) is 69.4 cm³/mol. The van der Waals surface area contributed by atoms with E-state index in [2.05, 4.69) is 25.0 Å². The fraction of sp³-hybridized carbons (Fsp3) is 0.571. The maximum Gasteiger partial charge on any atom is 0.274 e. The van der Waals surface area contributed by atoms with Crippen molar-refractivity contribution in [2.45, 2.75) is 33.2 Å². The topological polar surface area (TPSA) is 38.1 Å². The summed E-state index contributed by atoms with van der Waals surface area (Å²) in [6, 6.07) is 1.97. The highest BCUT2D eigenvalue weighted by Gasteiger charge is 2.25. The maximum atomic E-state index is 12.4. The summed E-state index contributed by atoms with van der Waals surface area (Å²) in [5, 5.41) is 4.42. The predicted octanol–water partition coefficient (Wildman–Crippen LogP) is 1.87. The van der Waals surface area contributed by atoms with Gasteiger partial charge < -0.3 is 4.90 Å². The van der Waals surface area contributed by atoms with Crippen molar-refractivity contribution < 1.29 is 4.79 Å². The van der Waals surface area contributed by atoms with E-state index in [-0.39, 0.29) is 5.91 Å². The first kappa shape index (κ1) is 11.5. The number of fused-ring (bicyclic) bond motifs is 1. The third kappa shape index (κ3) is 1.96. The van der Waals surface area contributed by atoms with Crippen LogP contribution < -0.4 is 0 Å². The molecule has 0 saturated heterocycles. The molecule has 2 aliphatic heterocycles. The van der Waals surface area contributed by atoms with Crippen molar-refractivity contribution in [3.05, 3.63) is 29.1 Å². The van der Waals surface area contributed by atoms with Gasteiger partial charge in [0.25, 0.3) is 5.91 Å². The van der Waals surface area contributed by atoms with Crippen molar-refractivity contribution in [3.63, 3.8) is 0 Å². The Morgan fingerprint density at radius 1 is 1.50 bits per heavy atom. The van der Waals surface area contributed by atoms with Crippen LogP contribution >= 0.6 is 0 Å². The van der Waals surface area contributed by atoms with E-state index < -0.39 is 0 Å². The van der Waals surface area contributed by atoms with Gasteiger partial charge in [-0.15, -0.1) is 0 Å². The Kier molecular flexibility index (Phi) is 2.73. The van der Waals surface area contributed by atoms with Gasteiger partial charge in [0.2, 0.25) is 0 Å². The van der Waals surface area contributed by atoms with E-state index in [0.717, 1.165) is 32.5 Å². The molecule has 0 spiro atoms. The van der Waals surface area contributed by atoms with Crippen LogP contribution in [0.4, 0.5) is 0 Å². The van der Waals surface area contributed by atoms with Gasteiger partial charge in [-0.2, -0.15) is 5.10 Å². The SMILES string of the molecule is CC1=CC(C)CN(C(=O)c2cc3n(n2)CCC3)C1. The van der Waals surface area contributed by atoms with Gasteiger partial charge in [-0.25, -0.2) is 0 Å². The van der Waals surface area contributed by atoms with E-state index in [9.17, 15) is 4.79 Å². The lowest BCUT2D eigenvalue weighted by Crippen LogP contribution is -2.38. The van der Waals surface area contributed by atoms with Gasteiger partial charge in [0.15, 0.2) is 5.69 Å². The lowest BCUT2D eigenvalue weighted by atomic mass is 10.0. The van der Waals surface area contributed by atoms with E-state index in [1.807, 2.05) is 15.6 Å². The number of carbonyl (C=O) groups excluding carboxylic acids is 1. The van der Waals surface area contributed by atoms with Crippen LogP contribution in [0.2, 0.25) is 0 Å². The second-order valence-electron chi connectivity index (χ2n) is 5.52. The lowest BCUT2D eigenvalue weighted by molar-refractivity contribution is 0.0740. The van der Waals surface area contributed by atoms with Gasteiger partial charge >= 0.3 is 0 Å². The summed E-state index contributed by atoms with van der Waals surface area (Å²) in [5.74, 6) is 0.522. The Morgan fingerprint density at radius 2 is 2.33 bits per heavy atom. The highest BCUT2D eigenvalue weighted by atomic mass is 16.2. The molecule has 0 N–H and O–H groups in total. The molecular formula is C14H19N3O. The summed E-state index contributed by atoms with van der Waals surface area (Å²) in [4.78, 5) is 14.3. The Hall–Kier alpha value is -1.58. The molecule has 0 fully saturated rings. The van der Waals surface area contributed by atoms with Crippen LogP contribution in [-0.4, -0.2) is 33.7 Å². The molecule has 3 rings (SSSR count). The minimum atomic E-state index is 0.0798. The van der Waals surface area contributed by atoms with Gasteiger partial charge in [-0.05, 0) is 31.7 Å². The van der Waals surface area contributed by atoms with Gasteiger partial charge in [0, 0.05) is 25.3 Å². The van der Waals surface area contributed by atoms with E-state index in [0.29, 0.717) is 11.6 Å². The molecule has 1 amide bonds. The zero-order valence-corrected chi connectivity index (χ0v) is 11.0. The van der Waals surface area contributed by atoms with Crippen molar-refractivity contribution in [2.75, 3.05) is 13.1 Å². The van der Waals surface area contributed by atoms with Gasteiger partial charge in [0.05, 0.1) is 0 Å². The van der Waals surface area contributed by atoms with Gasteiger partial charge in [-0.3, -0.25) is 9.48 Å². The second-order valence-corrected chi connectivity index (χ2v) is 5.52. The molecule has 0 radical (unpaired) electrons. The molecule has 18 heavy (non-hydrogen) atoms. The summed E-state index contributed by atoms with van der Waals surface area (Å²) in [6.45, 7) is 6.74. The second kappa shape index (κ2) is 4.26. The molecule has 1 atom stereocenters. The van der Waals surface area contributed by atoms with Crippen LogP contribution in [0.25, 0.3) is 0 Å². The van der Waals surface area contributed by atoms with Crippen LogP contribution in [0.1, 0.15) is 36.5 Å². The first-order valence-electron chi connectivity index (χ1n) is 6.67. The molecular weight excluding hydrogens is 226 g/mol. The number of aryl methyl sites for hydroxylation is 2. The van der Waals surface area contributed by atoms with Crippen molar-refractivity contribution in [3.8, 4) is 0 Å². The van der Waals surface area contributed by atoms with Crippen LogP contribution in [0.3, 0.4) is 0 Å². The summed E-state index contributed by atoms with van der Waals surface area (Å²) in [5.41, 5.74) is 3.09. The highest BCUT2D eigenvalue weighted by molar-refractivity contribution is 5.92. The van der Waals surface area contributed by atoms with Crippen LogP contribution in [0.5, 0.6) is 0 Å². The summed E-state index contributed by atoms with van der Waals surface area (Å²) in [7, 11) is 0. The number of nitrogens with zero attached hydrogens (tertiary/aromatic N) is 3. The molecule has 0 saturated carbocycles. The monoisotopic (exact) mass is 245 g/mol. The van der Waals surface area contributed by atoms with Crippen molar-refractivity contribution in [2.24, 2.45) is 5.92 Å². The molecule has 0 aliphatic carbocycles. The molecule has 96 valence electrons. The largest absolute Gasteiger partial charge is 0.333 e. The molecule has 1 unspecified atom stereocenters. The molecule has 1 aromatic rings. The van der Waals surface area contributed by atoms with Gasteiger partial charge in [-0.1, -0.05) is 18.6 Å². The van der Waals surface area contributed by atoms with Crippen LogP contribution in [-0.2, 0) is 13.0 Å². The quantitative estimate of drug-likeness (QED) is 0.708. The average Bonchev–Trinajstić information content (AvgIpc) is 2.86. The number of hydrogen-bond donors (Lipinski definition) is 0. The van der Waals surface area contributed by atoms with E-state index >= 15 is 0 Å². The summed E-state index contributed by atoms with van der Waals surface area (Å²) >= 11 is 0. The average molecular weight is 245 g/mol. The molecule has 2 aliphatic rings. The molecule has 0 bridgehead atoms. The first-order valence-corrected chi connectivity index (χ1v) is 6.67. The van der Waals surface area contributed by atoms with Crippen LogP contribution in [0, 0.1) is 5.92 Å². The van der Waals surface area contributed by atoms with Crippen molar-refractivity contribution >= 4 is 5.91 Å². The minimum absolute atomic E-state index is 0.0798. The molecule has 4 heteroatoms. The molecule has 1 aromatic heterocycles. The Bertz CT molecular complexity index is 494. The number of carbonyl (C=O) groups is 1. The maximum absolute atomic E-state index is 12.4. The van der Waals surface area contributed by atoms with Crippen LogP contribution in [0.15, 0.2) is 17.7 Å². The smallest absolute Gasteiger partial charge is 0.274 e. The number of aromatic nitrogens is 2. The third-order valence-electron chi connectivity index (χ3n) is 3.69. The fourth-order valence-corrected chi connectivity index (χ4v) is 2.99. The van der Waals surface area contributed by atoms with Crippen molar-refractivity contribution in [1.29, 1.82) is 0 Å². The normalized spacial score (nSPS) is 22.9. The molecule has 4 nitrogen and oxygen atoms in total. The highest BCUT2D eigenvalue weighted by Crippen LogP contribution is 2.19. The Morgan fingerprint density at radius 3 is 3.06 bits per heavy atom. The Labute approximate surface area is 107 Å². The first-order chi connectivity index (χ1) is 8.63. The third-order valence-corrected chi connectivity index (χ3v) is 3.69. The minimum Gasteiger partial charge on any atom is -0.333 e. The number of hydrogen-bond acceptors (Lipinski definition) is 2.